The summed E-state index contributed by atoms with van der Waals surface area (Å²) in [5.41, 5.74) is 0.0301. The zero-order valence-electron chi connectivity index (χ0n) is 8.77. The van der Waals surface area contributed by atoms with Gasteiger partial charge in [-0.2, -0.15) is 0 Å². The molecule has 5 heteroatoms. The second-order valence-electron chi connectivity index (χ2n) is 4.19. The summed E-state index contributed by atoms with van der Waals surface area (Å²) in [4.78, 5) is 15.5. The van der Waals surface area contributed by atoms with Gasteiger partial charge in [-0.25, -0.2) is 4.98 Å². The number of rotatable bonds is 1. The smallest absolute Gasteiger partial charge is 0.253 e. The number of carbonyl (C=O) groups is 1. The molecular weight excluding hydrogens is 235 g/mol. The Balaban J connectivity index is 2.96. The van der Waals surface area contributed by atoms with E-state index >= 15 is 0 Å². The van der Waals surface area contributed by atoms with Crippen LogP contribution in [-0.4, -0.2) is 16.4 Å². The minimum absolute atomic E-state index is 0.249. The van der Waals surface area contributed by atoms with Gasteiger partial charge in [-0.1, -0.05) is 23.2 Å². The van der Waals surface area contributed by atoms with E-state index in [1.165, 1.54) is 12.3 Å². The second kappa shape index (κ2) is 4.37. The highest BCUT2D eigenvalue weighted by atomic mass is 35.5. The van der Waals surface area contributed by atoms with E-state index in [4.69, 9.17) is 23.2 Å². The molecule has 0 radical (unpaired) electrons. The molecule has 15 heavy (non-hydrogen) atoms. The highest BCUT2D eigenvalue weighted by Crippen LogP contribution is 2.18. The van der Waals surface area contributed by atoms with Gasteiger partial charge in [0.05, 0.1) is 10.6 Å². The molecule has 0 saturated carbocycles. The summed E-state index contributed by atoms with van der Waals surface area (Å²) in [6.45, 7) is 5.67. The molecule has 0 bridgehead atoms. The topological polar surface area (TPSA) is 42.0 Å². The molecule has 3 nitrogen and oxygen atoms in total. The predicted octanol–water partition coefficient (Wildman–Crippen LogP) is 2.92. The molecule has 0 aromatic carbocycles. The Kier molecular flexibility index (Phi) is 3.58. The molecule has 1 aromatic rings. The third-order valence-electron chi connectivity index (χ3n) is 1.56. The molecule has 82 valence electrons. The quantitative estimate of drug-likeness (QED) is 0.775. The summed E-state index contributed by atoms with van der Waals surface area (Å²) in [7, 11) is 0. The molecular formula is C10H12Cl2N2O. The Hall–Kier alpha value is -0.800. The maximum absolute atomic E-state index is 11.8. The Labute approximate surface area is 98.8 Å². The number of nitrogens with zero attached hydrogens (tertiary/aromatic N) is 1. The van der Waals surface area contributed by atoms with Gasteiger partial charge in [0.25, 0.3) is 5.91 Å². The van der Waals surface area contributed by atoms with Crippen LogP contribution in [0.25, 0.3) is 0 Å². The Morgan fingerprint density at radius 1 is 1.40 bits per heavy atom. The molecule has 0 saturated heterocycles. The Bertz CT molecular complexity index is 385. The van der Waals surface area contributed by atoms with Gasteiger partial charge in [0.1, 0.15) is 5.15 Å². The van der Waals surface area contributed by atoms with E-state index in [1.807, 2.05) is 20.8 Å². The first kappa shape index (κ1) is 12.3. The number of carbonyl (C=O) groups excluding carboxylic acids is 1. The van der Waals surface area contributed by atoms with E-state index in [-0.39, 0.29) is 16.6 Å². The lowest BCUT2D eigenvalue weighted by Crippen LogP contribution is -2.40. The minimum Gasteiger partial charge on any atom is -0.347 e. The van der Waals surface area contributed by atoms with E-state index in [2.05, 4.69) is 10.3 Å². The van der Waals surface area contributed by atoms with Crippen molar-refractivity contribution in [2.45, 2.75) is 26.3 Å². The van der Waals surface area contributed by atoms with Crippen LogP contribution in [0, 0.1) is 0 Å². The van der Waals surface area contributed by atoms with Crippen LogP contribution in [0.1, 0.15) is 31.1 Å². The van der Waals surface area contributed by atoms with Crippen molar-refractivity contribution >= 4 is 29.1 Å². The van der Waals surface area contributed by atoms with E-state index in [0.717, 1.165) is 0 Å². The maximum atomic E-state index is 11.8. The van der Waals surface area contributed by atoms with E-state index in [9.17, 15) is 4.79 Å². The summed E-state index contributed by atoms with van der Waals surface area (Å²) < 4.78 is 0. The fourth-order valence-electron chi connectivity index (χ4n) is 0.995. The van der Waals surface area contributed by atoms with Crippen molar-refractivity contribution in [1.82, 2.24) is 10.3 Å². The standard InChI is InChI=1S/C10H12Cl2N2O/c1-10(2,3)14-9(15)6-4-8(12)13-5-7(6)11/h4-5H,1-3H3,(H,14,15). The molecule has 1 N–H and O–H groups in total. The molecule has 1 amide bonds. The molecule has 1 rings (SSSR count). The summed E-state index contributed by atoms with van der Waals surface area (Å²) in [6, 6.07) is 1.45. The van der Waals surface area contributed by atoms with Crippen molar-refractivity contribution in [2.24, 2.45) is 0 Å². The lowest BCUT2D eigenvalue weighted by Gasteiger charge is -2.20. The fraction of sp³-hybridized carbons (Fsp3) is 0.400. The molecule has 1 heterocycles. The van der Waals surface area contributed by atoms with Crippen LogP contribution in [0.2, 0.25) is 10.2 Å². The summed E-state index contributed by atoms with van der Waals surface area (Å²) in [5.74, 6) is -0.253. The van der Waals surface area contributed by atoms with Gasteiger partial charge in [0.15, 0.2) is 0 Å². The first-order valence-corrected chi connectivity index (χ1v) is 5.19. The van der Waals surface area contributed by atoms with Crippen LogP contribution in [-0.2, 0) is 0 Å². The van der Waals surface area contributed by atoms with Crippen LogP contribution in [0.15, 0.2) is 12.3 Å². The highest BCUT2D eigenvalue weighted by molar-refractivity contribution is 6.35. The van der Waals surface area contributed by atoms with Crippen molar-refractivity contribution < 1.29 is 4.79 Å². The SMILES string of the molecule is CC(C)(C)NC(=O)c1cc(Cl)ncc1Cl. The van der Waals surface area contributed by atoms with Crippen LogP contribution >= 0.6 is 23.2 Å². The van der Waals surface area contributed by atoms with E-state index < -0.39 is 0 Å². The fourth-order valence-corrected chi connectivity index (χ4v) is 1.34. The summed E-state index contributed by atoms with van der Waals surface area (Å²) >= 11 is 11.5. The van der Waals surface area contributed by atoms with Gasteiger partial charge in [0.2, 0.25) is 0 Å². The molecule has 0 aliphatic rings. The maximum Gasteiger partial charge on any atom is 0.253 e. The average Bonchev–Trinajstić information content (AvgIpc) is 2.06. The minimum atomic E-state index is -0.309. The second-order valence-corrected chi connectivity index (χ2v) is 4.99. The number of hydrogen-bond acceptors (Lipinski definition) is 2. The molecule has 0 aliphatic heterocycles. The van der Waals surface area contributed by atoms with Crippen LogP contribution in [0.3, 0.4) is 0 Å². The molecule has 0 spiro atoms. The third kappa shape index (κ3) is 3.68. The number of amides is 1. The first-order chi connectivity index (χ1) is 6.79. The van der Waals surface area contributed by atoms with Crippen molar-refractivity contribution in [3.05, 3.63) is 28.0 Å². The monoisotopic (exact) mass is 246 g/mol. The third-order valence-corrected chi connectivity index (χ3v) is 2.06. The van der Waals surface area contributed by atoms with Gasteiger partial charge in [-0.3, -0.25) is 4.79 Å². The largest absolute Gasteiger partial charge is 0.347 e. The highest BCUT2D eigenvalue weighted by Gasteiger charge is 2.17. The van der Waals surface area contributed by atoms with Crippen molar-refractivity contribution in [1.29, 1.82) is 0 Å². The molecule has 0 fully saturated rings. The molecule has 1 aromatic heterocycles. The zero-order chi connectivity index (χ0) is 11.6. The first-order valence-electron chi connectivity index (χ1n) is 4.43. The molecule has 0 unspecified atom stereocenters. The zero-order valence-corrected chi connectivity index (χ0v) is 10.3. The lowest BCUT2D eigenvalue weighted by molar-refractivity contribution is 0.0919. The average molecular weight is 247 g/mol. The van der Waals surface area contributed by atoms with Crippen LogP contribution in [0.5, 0.6) is 0 Å². The molecule has 0 aliphatic carbocycles. The summed E-state index contributed by atoms with van der Waals surface area (Å²) in [6.07, 6.45) is 1.36. The van der Waals surface area contributed by atoms with Gasteiger partial charge in [-0.05, 0) is 26.8 Å². The lowest BCUT2D eigenvalue weighted by atomic mass is 10.1. The van der Waals surface area contributed by atoms with E-state index in [0.29, 0.717) is 10.6 Å². The van der Waals surface area contributed by atoms with Gasteiger partial charge >= 0.3 is 0 Å². The number of hydrogen-bond donors (Lipinski definition) is 1. The Morgan fingerprint density at radius 2 is 2.00 bits per heavy atom. The van der Waals surface area contributed by atoms with Crippen molar-refractivity contribution in [3.63, 3.8) is 0 Å². The number of halogens is 2. The van der Waals surface area contributed by atoms with Crippen molar-refractivity contribution in [2.75, 3.05) is 0 Å². The van der Waals surface area contributed by atoms with Gasteiger partial charge < -0.3 is 5.32 Å². The van der Waals surface area contributed by atoms with Crippen LogP contribution < -0.4 is 5.32 Å². The number of aromatic nitrogens is 1. The van der Waals surface area contributed by atoms with Crippen LogP contribution in [0.4, 0.5) is 0 Å². The summed E-state index contributed by atoms with van der Waals surface area (Å²) in [5, 5.41) is 3.33. The Morgan fingerprint density at radius 3 is 2.53 bits per heavy atom. The number of nitrogens with one attached hydrogen (secondary N) is 1. The van der Waals surface area contributed by atoms with Crippen molar-refractivity contribution in [3.8, 4) is 0 Å². The predicted molar refractivity (Wildman–Crippen MR) is 61.5 cm³/mol. The van der Waals surface area contributed by atoms with E-state index in [1.54, 1.807) is 0 Å². The molecule has 0 atom stereocenters. The normalized spacial score (nSPS) is 11.3. The number of pyridine rings is 1. The van der Waals surface area contributed by atoms with Gasteiger partial charge in [0, 0.05) is 11.7 Å². The van der Waals surface area contributed by atoms with Gasteiger partial charge in [-0.15, -0.1) is 0 Å².